The van der Waals surface area contributed by atoms with Crippen molar-refractivity contribution in [3.63, 3.8) is 0 Å². The number of rotatable bonds is 5. The van der Waals surface area contributed by atoms with Crippen molar-refractivity contribution in [2.75, 3.05) is 19.7 Å². The Kier molecular flexibility index (Phi) is 6.26. The normalized spacial score (nSPS) is 17.0. The molecule has 0 spiro atoms. The molecule has 0 aliphatic carbocycles. The third kappa shape index (κ3) is 4.75. The van der Waals surface area contributed by atoms with E-state index in [0.29, 0.717) is 16.5 Å². The number of hydrogen-bond acceptors (Lipinski definition) is 5. The van der Waals surface area contributed by atoms with Crippen molar-refractivity contribution in [3.05, 3.63) is 40.4 Å². The maximum absolute atomic E-state index is 12.4. The van der Waals surface area contributed by atoms with Gasteiger partial charge in [-0.25, -0.2) is 9.78 Å². The summed E-state index contributed by atoms with van der Waals surface area (Å²) in [6, 6.07) is 8.19. The number of hydrogen-bond donors (Lipinski definition) is 0. The van der Waals surface area contributed by atoms with Gasteiger partial charge in [-0.15, -0.1) is 11.3 Å². The van der Waals surface area contributed by atoms with E-state index < -0.39 is 5.97 Å². The van der Waals surface area contributed by atoms with E-state index in [0.717, 1.165) is 42.9 Å². The summed E-state index contributed by atoms with van der Waals surface area (Å²) in [6.07, 6.45) is 3.14. The minimum atomic E-state index is -0.472. The topological polar surface area (TPSA) is 59.5 Å². The summed E-state index contributed by atoms with van der Waals surface area (Å²) >= 11 is 1.31. The van der Waals surface area contributed by atoms with Gasteiger partial charge in [-0.1, -0.05) is 38.1 Å². The number of likely N-dealkylation sites (tertiary alicyclic amines) is 1. The van der Waals surface area contributed by atoms with Gasteiger partial charge in [0.15, 0.2) is 6.61 Å². The Bertz CT molecular complexity index is 813. The zero-order valence-electron chi connectivity index (χ0n) is 16.2. The molecular weight excluding hydrogens is 360 g/mol. The fourth-order valence-corrected chi connectivity index (χ4v) is 4.26. The van der Waals surface area contributed by atoms with Crippen molar-refractivity contribution < 1.29 is 14.3 Å². The van der Waals surface area contributed by atoms with Crippen LogP contribution in [0, 0.1) is 12.8 Å². The molecule has 3 rings (SSSR count). The number of aromatic nitrogens is 1. The van der Waals surface area contributed by atoms with Crippen LogP contribution in [-0.4, -0.2) is 41.5 Å². The van der Waals surface area contributed by atoms with E-state index in [1.54, 1.807) is 11.8 Å². The molecule has 0 saturated carbocycles. The molecule has 2 heterocycles. The Morgan fingerprint density at radius 2 is 2.04 bits per heavy atom. The predicted octanol–water partition coefficient (Wildman–Crippen LogP) is 4.10. The van der Waals surface area contributed by atoms with Gasteiger partial charge in [0.05, 0.1) is 5.69 Å². The fraction of sp³-hybridized carbons (Fsp3) is 0.476. The summed E-state index contributed by atoms with van der Waals surface area (Å²) in [5.41, 5.74) is 2.88. The van der Waals surface area contributed by atoms with Crippen molar-refractivity contribution in [1.82, 2.24) is 9.88 Å². The van der Waals surface area contributed by atoms with E-state index in [9.17, 15) is 9.59 Å². The molecule has 1 fully saturated rings. The standard InChI is InChI=1S/C21H26N2O3S/c1-4-16-7-9-17(10-8-16)20-22-15(3)19(27-20)21(25)26-13-18(24)23-11-5-6-14(2)12-23/h7-10,14H,4-6,11-13H2,1-3H3/t14-/m0/s1. The third-order valence-corrected chi connectivity index (χ3v) is 6.11. The number of nitrogens with zero attached hydrogens (tertiary/aromatic N) is 2. The van der Waals surface area contributed by atoms with Crippen molar-refractivity contribution in [1.29, 1.82) is 0 Å². The highest BCUT2D eigenvalue weighted by atomic mass is 32.1. The lowest BCUT2D eigenvalue weighted by atomic mass is 10.0. The molecule has 27 heavy (non-hydrogen) atoms. The molecule has 1 aromatic carbocycles. The highest BCUT2D eigenvalue weighted by Crippen LogP contribution is 2.28. The highest BCUT2D eigenvalue weighted by Gasteiger charge is 2.23. The predicted molar refractivity (Wildman–Crippen MR) is 107 cm³/mol. The van der Waals surface area contributed by atoms with Crippen molar-refractivity contribution >= 4 is 23.2 Å². The molecule has 0 unspecified atom stereocenters. The van der Waals surface area contributed by atoms with E-state index in [-0.39, 0.29) is 12.5 Å². The zero-order valence-corrected chi connectivity index (χ0v) is 17.0. The number of aryl methyl sites for hydroxylation is 2. The van der Waals surface area contributed by atoms with E-state index in [2.05, 4.69) is 31.0 Å². The van der Waals surface area contributed by atoms with Gasteiger partial charge in [-0.05, 0) is 37.7 Å². The quantitative estimate of drug-likeness (QED) is 0.726. The Hall–Kier alpha value is -2.21. The number of amides is 1. The van der Waals surface area contributed by atoms with Crippen LogP contribution in [0.25, 0.3) is 10.6 Å². The second-order valence-corrected chi connectivity index (χ2v) is 8.15. The Labute approximate surface area is 164 Å². The molecule has 1 atom stereocenters. The Morgan fingerprint density at radius 1 is 1.30 bits per heavy atom. The van der Waals surface area contributed by atoms with Crippen LogP contribution in [-0.2, 0) is 16.0 Å². The van der Waals surface area contributed by atoms with Gasteiger partial charge in [0.1, 0.15) is 9.88 Å². The molecule has 5 nitrogen and oxygen atoms in total. The number of ether oxygens (including phenoxy) is 1. The largest absolute Gasteiger partial charge is 0.451 e. The lowest BCUT2D eigenvalue weighted by Gasteiger charge is -2.30. The molecule has 144 valence electrons. The number of carbonyl (C=O) groups excluding carboxylic acids is 2. The molecule has 2 aromatic rings. The first-order valence-electron chi connectivity index (χ1n) is 9.49. The molecule has 1 aromatic heterocycles. The summed E-state index contributed by atoms with van der Waals surface area (Å²) in [7, 11) is 0. The van der Waals surface area contributed by atoms with Gasteiger partial charge < -0.3 is 9.64 Å². The average Bonchev–Trinajstić information content (AvgIpc) is 3.07. The minimum absolute atomic E-state index is 0.118. The molecule has 6 heteroatoms. The molecule has 1 amide bonds. The molecule has 1 aliphatic heterocycles. The first-order valence-corrected chi connectivity index (χ1v) is 10.3. The van der Waals surface area contributed by atoms with Gasteiger partial charge in [-0.2, -0.15) is 0 Å². The number of esters is 1. The van der Waals surface area contributed by atoms with Crippen LogP contribution in [0.3, 0.4) is 0 Å². The second kappa shape index (κ2) is 8.65. The van der Waals surface area contributed by atoms with Crippen LogP contribution in [0.5, 0.6) is 0 Å². The second-order valence-electron chi connectivity index (χ2n) is 7.15. The number of piperidine rings is 1. The molecule has 0 bridgehead atoms. The summed E-state index contributed by atoms with van der Waals surface area (Å²) in [6.45, 7) is 7.34. The summed E-state index contributed by atoms with van der Waals surface area (Å²) in [5, 5.41) is 0.790. The molecule has 0 radical (unpaired) electrons. The SMILES string of the molecule is CCc1ccc(-c2nc(C)c(C(=O)OCC(=O)N3CCC[C@H](C)C3)s2)cc1. The first-order chi connectivity index (χ1) is 13.0. The van der Waals surface area contributed by atoms with Gasteiger partial charge in [-0.3, -0.25) is 4.79 Å². The average molecular weight is 387 g/mol. The summed E-state index contributed by atoms with van der Waals surface area (Å²) in [4.78, 5) is 31.5. The Balaban J connectivity index is 1.63. The van der Waals surface area contributed by atoms with Gasteiger partial charge in [0.2, 0.25) is 0 Å². The van der Waals surface area contributed by atoms with E-state index in [1.165, 1.54) is 16.9 Å². The molecule has 1 aliphatic rings. The smallest absolute Gasteiger partial charge is 0.350 e. The van der Waals surface area contributed by atoms with Crippen LogP contribution >= 0.6 is 11.3 Å². The Morgan fingerprint density at radius 3 is 2.70 bits per heavy atom. The lowest BCUT2D eigenvalue weighted by Crippen LogP contribution is -2.41. The molecule has 0 N–H and O–H groups in total. The molecular formula is C21H26N2O3S. The lowest BCUT2D eigenvalue weighted by molar-refractivity contribution is -0.136. The molecule has 1 saturated heterocycles. The fourth-order valence-electron chi connectivity index (χ4n) is 3.29. The van der Waals surface area contributed by atoms with Crippen molar-refractivity contribution in [2.45, 2.75) is 40.0 Å². The van der Waals surface area contributed by atoms with Crippen LogP contribution in [0.15, 0.2) is 24.3 Å². The van der Waals surface area contributed by atoms with Crippen LogP contribution in [0.4, 0.5) is 0 Å². The summed E-state index contributed by atoms with van der Waals surface area (Å²) < 4.78 is 5.29. The maximum atomic E-state index is 12.4. The van der Waals surface area contributed by atoms with Crippen molar-refractivity contribution in [2.24, 2.45) is 5.92 Å². The van der Waals surface area contributed by atoms with E-state index in [1.807, 2.05) is 12.1 Å². The number of benzene rings is 1. The van der Waals surface area contributed by atoms with Crippen molar-refractivity contribution in [3.8, 4) is 10.6 Å². The van der Waals surface area contributed by atoms with E-state index in [4.69, 9.17) is 4.74 Å². The number of carbonyl (C=O) groups is 2. The minimum Gasteiger partial charge on any atom is -0.451 e. The monoisotopic (exact) mass is 386 g/mol. The van der Waals surface area contributed by atoms with Gasteiger partial charge >= 0.3 is 5.97 Å². The van der Waals surface area contributed by atoms with Gasteiger partial charge in [0, 0.05) is 18.7 Å². The summed E-state index contributed by atoms with van der Waals surface area (Å²) in [5.74, 6) is -0.0870. The zero-order chi connectivity index (χ0) is 19.4. The number of thiazole rings is 1. The third-order valence-electron chi connectivity index (χ3n) is 4.93. The van der Waals surface area contributed by atoms with Crippen LogP contribution in [0.1, 0.15) is 47.6 Å². The van der Waals surface area contributed by atoms with Gasteiger partial charge in [0.25, 0.3) is 5.91 Å². The van der Waals surface area contributed by atoms with Crippen LogP contribution < -0.4 is 0 Å². The van der Waals surface area contributed by atoms with E-state index >= 15 is 0 Å². The van der Waals surface area contributed by atoms with Crippen LogP contribution in [0.2, 0.25) is 0 Å². The highest BCUT2D eigenvalue weighted by molar-refractivity contribution is 7.17. The first kappa shape index (κ1) is 19.5. The maximum Gasteiger partial charge on any atom is 0.350 e.